The molecule has 0 unspecified atom stereocenters. The number of nitrogens with one attached hydrogen (secondary N) is 1. The molecular formula is C19H20ClN5OS. The maximum Gasteiger partial charge on any atom is 0.237 e. The van der Waals surface area contributed by atoms with Gasteiger partial charge in [0.1, 0.15) is 0 Å². The van der Waals surface area contributed by atoms with E-state index in [0.29, 0.717) is 28.0 Å². The van der Waals surface area contributed by atoms with Crippen LogP contribution in [0.4, 0.5) is 11.4 Å². The van der Waals surface area contributed by atoms with E-state index in [2.05, 4.69) is 15.5 Å². The number of nitrogen functional groups attached to an aromatic ring is 1. The molecule has 0 aliphatic heterocycles. The van der Waals surface area contributed by atoms with Crippen LogP contribution in [0, 0.1) is 0 Å². The van der Waals surface area contributed by atoms with Crippen LogP contribution < -0.4 is 11.1 Å². The summed E-state index contributed by atoms with van der Waals surface area (Å²) in [5.41, 5.74) is 8.07. The fraction of sp³-hybridized carbons (Fsp3) is 0.211. The van der Waals surface area contributed by atoms with Gasteiger partial charge in [-0.25, -0.2) is 0 Å². The van der Waals surface area contributed by atoms with Gasteiger partial charge in [-0.15, -0.1) is 10.2 Å². The molecule has 3 rings (SSSR count). The zero-order valence-electron chi connectivity index (χ0n) is 15.0. The number of rotatable bonds is 6. The van der Waals surface area contributed by atoms with E-state index >= 15 is 0 Å². The predicted octanol–water partition coefficient (Wildman–Crippen LogP) is 4.23. The molecule has 1 heterocycles. The highest BCUT2D eigenvalue weighted by Crippen LogP contribution is 2.28. The summed E-state index contributed by atoms with van der Waals surface area (Å²) < 4.78 is 1.88. The first-order chi connectivity index (χ1) is 13.0. The Morgan fingerprint density at radius 1 is 1.19 bits per heavy atom. The van der Waals surface area contributed by atoms with E-state index in [0.717, 1.165) is 11.4 Å². The molecule has 6 nitrogen and oxygen atoms in total. The Hall–Kier alpha value is -2.51. The molecule has 2 aromatic carbocycles. The van der Waals surface area contributed by atoms with Crippen LogP contribution in [0.25, 0.3) is 11.4 Å². The summed E-state index contributed by atoms with van der Waals surface area (Å²) in [5, 5.41) is 12.4. The van der Waals surface area contributed by atoms with Crippen molar-refractivity contribution >= 4 is 40.6 Å². The summed E-state index contributed by atoms with van der Waals surface area (Å²) in [7, 11) is 1.89. The minimum atomic E-state index is -0.289. The summed E-state index contributed by atoms with van der Waals surface area (Å²) in [6.07, 6.45) is 0.661. The monoisotopic (exact) mass is 401 g/mol. The normalized spacial score (nSPS) is 12.0. The summed E-state index contributed by atoms with van der Waals surface area (Å²) in [5.74, 6) is 0.646. The minimum Gasteiger partial charge on any atom is -0.399 e. The Morgan fingerprint density at radius 2 is 1.85 bits per heavy atom. The first kappa shape index (κ1) is 19.3. The lowest BCUT2D eigenvalue weighted by molar-refractivity contribution is -0.115. The molecular weight excluding hydrogens is 382 g/mol. The second-order valence-corrected chi connectivity index (χ2v) is 7.60. The van der Waals surface area contributed by atoms with Crippen LogP contribution in [0.3, 0.4) is 0 Å². The summed E-state index contributed by atoms with van der Waals surface area (Å²) in [6.45, 7) is 1.97. The first-order valence-electron chi connectivity index (χ1n) is 8.46. The van der Waals surface area contributed by atoms with Gasteiger partial charge in [-0.2, -0.15) is 0 Å². The van der Waals surface area contributed by atoms with Gasteiger partial charge < -0.3 is 15.6 Å². The standard InChI is InChI=1S/C19H20ClN5OS/c1-3-16(18(26)22-15-10-6-13(20)7-11-15)27-19-24-23-17(25(19)2)12-4-8-14(21)9-5-12/h4-11,16H,3,21H2,1-2H3,(H,22,26)/t16-/m1/s1. The number of hydrogen-bond donors (Lipinski definition) is 2. The van der Waals surface area contributed by atoms with Crippen molar-refractivity contribution in [3.63, 3.8) is 0 Å². The molecule has 0 saturated heterocycles. The smallest absolute Gasteiger partial charge is 0.237 e. The summed E-state index contributed by atoms with van der Waals surface area (Å²) >= 11 is 7.27. The van der Waals surface area contributed by atoms with Crippen molar-refractivity contribution in [3.05, 3.63) is 53.6 Å². The highest BCUT2D eigenvalue weighted by Gasteiger charge is 2.22. The number of carbonyl (C=O) groups excluding carboxylic acids is 1. The molecule has 8 heteroatoms. The quantitative estimate of drug-likeness (QED) is 0.477. The molecule has 1 amide bonds. The second kappa shape index (κ2) is 8.45. The number of thioether (sulfide) groups is 1. The molecule has 0 saturated carbocycles. The molecule has 1 atom stereocenters. The Balaban J connectivity index is 1.73. The zero-order valence-corrected chi connectivity index (χ0v) is 16.6. The van der Waals surface area contributed by atoms with Crippen molar-refractivity contribution in [2.24, 2.45) is 7.05 Å². The third-order valence-electron chi connectivity index (χ3n) is 4.03. The van der Waals surface area contributed by atoms with E-state index in [1.165, 1.54) is 11.8 Å². The number of anilines is 2. The van der Waals surface area contributed by atoms with Crippen molar-refractivity contribution in [2.45, 2.75) is 23.8 Å². The lowest BCUT2D eigenvalue weighted by atomic mass is 10.2. The molecule has 140 valence electrons. The molecule has 0 aliphatic rings. The van der Waals surface area contributed by atoms with Crippen LogP contribution in [-0.4, -0.2) is 25.9 Å². The maximum absolute atomic E-state index is 12.6. The lowest BCUT2D eigenvalue weighted by Crippen LogP contribution is -2.25. The van der Waals surface area contributed by atoms with Crippen molar-refractivity contribution in [3.8, 4) is 11.4 Å². The van der Waals surface area contributed by atoms with Crippen molar-refractivity contribution in [2.75, 3.05) is 11.1 Å². The number of carbonyl (C=O) groups is 1. The molecule has 0 spiro atoms. The lowest BCUT2D eigenvalue weighted by Gasteiger charge is -2.14. The SMILES string of the molecule is CC[C@@H](Sc1nnc(-c2ccc(N)cc2)n1C)C(=O)Nc1ccc(Cl)cc1. The van der Waals surface area contributed by atoms with Gasteiger partial charge in [0.25, 0.3) is 0 Å². The number of nitrogens with zero attached hydrogens (tertiary/aromatic N) is 3. The molecule has 3 aromatic rings. The molecule has 0 fully saturated rings. The Labute approximate surface area is 167 Å². The van der Waals surface area contributed by atoms with Crippen LogP contribution in [0.1, 0.15) is 13.3 Å². The van der Waals surface area contributed by atoms with Gasteiger partial charge in [0.2, 0.25) is 5.91 Å². The molecule has 1 aromatic heterocycles. The van der Waals surface area contributed by atoms with Gasteiger partial charge in [0.15, 0.2) is 11.0 Å². The molecule has 0 radical (unpaired) electrons. The largest absolute Gasteiger partial charge is 0.399 e. The topological polar surface area (TPSA) is 85.8 Å². The van der Waals surface area contributed by atoms with Crippen molar-refractivity contribution in [1.82, 2.24) is 14.8 Å². The van der Waals surface area contributed by atoms with Crippen molar-refractivity contribution < 1.29 is 4.79 Å². The van der Waals surface area contributed by atoms with E-state index < -0.39 is 0 Å². The van der Waals surface area contributed by atoms with E-state index in [4.69, 9.17) is 17.3 Å². The highest BCUT2D eigenvalue weighted by atomic mass is 35.5. The number of halogens is 1. The van der Waals surface area contributed by atoms with Gasteiger partial charge in [0, 0.05) is 29.0 Å². The fourth-order valence-electron chi connectivity index (χ4n) is 2.51. The van der Waals surface area contributed by atoms with E-state index in [1.807, 2.05) is 42.8 Å². The Morgan fingerprint density at radius 3 is 2.48 bits per heavy atom. The van der Waals surface area contributed by atoms with Crippen molar-refractivity contribution in [1.29, 1.82) is 0 Å². The number of nitrogens with two attached hydrogens (primary N) is 1. The number of amides is 1. The zero-order chi connectivity index (χ0) is 19.4. The van der Waals surface area contributed by atoms with Crippen LogP contribution in [-0.2, 0) is 11.8 Å². The number of benzene rings is 2. The first-order valence-corrected chi connectivity index (χ1v) is 9.72. The average molecular weight is 402 g/mol. The highest BCUT2D eigenvalue weighted by molar-refractivity contribution is 8.00. The maximum atomic E-state index is 12.6. The third kappa shape index (κ3) is 4.61. The molecule has 3 N–H and O–H groups in total. The second-order valence-electron chi connectivity index (χ2n) is 6.00. The molecule has 0 aliphatic carbocycles. The van der Waals surface area contributed by atoms with Gasteiger partial charge in [-0.05, 0) is 55.0 Å². The number of hydrogen-bond acceptors (Lipinski definition) is 5. The average Bonchev–Trinajstić information content (AvgIpc) is 3.02. The van der Waals surface area contributed by atoms with E-state index in [-0.39, 0.29) is 11.2 Å². The predicted molar refractivity (Wildman–Crippen MR) is 111 cm³/mol. The fourth-order valence-corrected chi connectivity index (χ4v) is 3.55. The summed E-state index contributed by atoms with van der Waals surface area (Å²) in [4.78, 5) is 12.6. The Kier molecular flexibility index (Phi) is 6.03. The van der Waals surface area contributed by atoms with Gasteiger partial charge >= 0.3 is 0 Å². The molecule has 27 heavy (non-hydrogen) atoms. The van der Waals surface area contributed by atoms with Crippen LogP contribution in [0.15, 0.2) is 53.7 Å². The van der Waals surface area contributed by atoms with Gasteiger partial charge in [-0.3, -0.25) is 4.79 Å². The van der Waals surface area contributed by atoms with Crippen LogP contribution >= 0.6 is 23.4 Å². The van der Waals surface area contributed by atoms with E-state index in [9.17, 15) is 4.79 Å². The van der Waals surface area contributed by atoms with Gasteiger partial charge in [0.05, 0.1) is 5.25 Å². The summed E-state index contributed by atoms with van der Waals surface area (Å²) in [6, 6.07) is 14.5. The molecule has 0 bridgehead atoms. The van der Waals surface area contributed by atoms with E-state index in [1.54, 1.807) is 24.3 Å². The van der Waals surface area contributed by atoms with Gasteiger partial charge in [-0.1, -0.05) is 30.3 Å². The van der Waals surface area contributed by atoms with Crippen LogP contribution in [0.2, 0.25) is 5.02 Å². The Bertz CT molecular complexity index is 924. The minimum absolute atomic E-state index is 0.0816. The number of aromatic nitrogens is 3. The third-order valence-corrected chi connectivity index (χ3v) is 5.68. The van der Waals surface area contributed by atoms with Crippen LogP contribution in [0.5, 0.6) is 0 Å².